The molecule has 6 heteroatoms. The van der Waals surface area contributed by atoms with E-state index in [1.165, 1.54) is 6.20 Å². The van der Waals surface area contributed by atoms with Gasteiger partial charge in [-0.3, -0.25) is 0 Å². The number of nitrogen functional groups attached to an aromatic ring is 1. The number of benzene rings is 1. The lowest BCUT2D eigenvalue weighted by Gasteiger charge is -2.07. The number of aliphatic hydroxyl groups is 1. The summed E-state index contributed by atoms with van der Waals surface area (Å²) in [6.07, 6.45) is 3.12. The Morgan fingerprint density at radius 2 is 1.95 bits per heavy atom. The maximum absolute atomic E-state index is 9.22. The van der Waals surface area contributed by atoms with Crippen molar-refractivity contribution in [2.45, 2.75) is 6.54 Å². The quantitative estimate of drug-likeness (QED) is 0.730. The van der Waals surface area contributed by atoms with Crippen molar-refractivity contribution >= 4 is 16.9 Å². The summed E-state index contributed by atoms with van der Waals surface area (Å²) in [6, 6.07) is 7.72. The smallest absolute Gasteiger partial charge is 0.163 e. The summed E-state index contributed by atoms with van der Waals surface area (Å²) in [5, 5.41) is 9.22. The highest BCUT2D eigenvalue weighted by molar-refractivity contribution is 5.81. The molecule has 3 rings (SSSR count). The summed E-state index contributed by atoms with van der Waals surface area (Å²) >= 11 is 0. The van der Waals surface area contributed by atoms with Crippen molar-refractivity contribution in [1.29, 1.82) is 0 Å². The molecule has 0 aliphatic rings. The van der Waals surface area contributed by atoms with Gasteiger partial charge in [0.05, 0.1) is 17.6 Å². The second kappa shape index (κ2) is 4.66. The minimum atomic E-state index is 0.0214. The average molecular weight is 255 g/mol. The van der Waals surface area contributed by atoms with E-state index in [0.29, 0.717) is 23.9 Å². The SMILES string of the molecule is Nc1nccnc1-c1nc2ccccc2n1CCO. The zero-order valence-corrected chi connectivity index (χ0v) is 10.2. The van der Waals surface area contributed by atoms with E-state index in [2.05, 4.69) is 15.0 Å². The van der Waals surface area contributed by atoms with Crippen molar-refractivity contribution in [3.8, 4) is 11.5 Å². The Labute approximate surface area is 109 Å². The summed E-state index contributed by atoms with van der Waals surface area (Å²) in [5.74, 6) is 0.956. The van der Waals surface area contributed by atoms with Gasteiger partial charge in [0.1, 0.15) is 5.69 Å². The highest BCUT2D eigenvalue weighted by atomic mass is 16.3. The molecule has 6 nitrogen and oxygen atoms in total. The van der Waals surface area contributed by atoms with Crippen LogP contribution in [-0.2, 0) is 6.54 Å². The first-order valence-electron chi connectivity index (χ1n) is 5.94. The normalized spacial score (nSPS) is 11.0. The number of nitrogens with zero attached hydrogens (tertiary/aromatic N) is 4. The second-order valence-electron chi connectivity index (χ2n) is 4.09. The zero-order valence-electron chi connectivity index (χ0n) is 10.2. The number of nitrogens with two attached hydrogens (primary N) is 1. The van der Waals surface area contributed by atoms with Crippen molar-refractivity contribution < 1.29 is 5.11 Å². The summed E-state index contributed by atoms with van der Waals surface area (Å²) in [5.41, 5.74) is 8.17. The molecule has 2 heterocycles. The van der Waals surface area contributed by atoms with Gasteiger partial charge in [-0.15, -0.1) is 0 Å². The Hall–Kier alpha value is -2.47. The van der Waals surface area contributed by atoms with Crippen LogP contribution in [0.4, 0.5) is 5.82 Å². The van der Waals surface area contributed by atoms with E-state index in [4.69, 9.17) is 5.73 Å². The van der Waals surface area contributed by atoms with Crippen LogP contribution in [0.3, 0.4) is 0 Å². The lowest BCUT2D eigenvalue weighted by molar-refractivity contribution is 0.278. The van der Waals surface area contributed by atoms with Gasteiger partial charge >= 0.3 is 0 Å². The Morgan fingerprint density at radius 3 is 2.74 bits per heavy atom. The van der Waals surface area contributed by atoms with Gasteiger partial charge in [0.25, 0.3) is 0 Å². The van der Waals surface area contributed by atoms with Gasteiger partial charge in [-0.2, -0.15) is 0 Å². The Morgan fingerprint density at radius 1 is 1.16 bits per heavy atom. The molecule has 0 atom stereocenters. The maximum atomic E-state index is 9.22. The minimum Gasteiger partial charge on any atom is -0.395 e. The van der Waals surface area contributed by atoms with Crippen LogP contribution < -0.4 is 5.73 Å². The first-order valence-corrected chi connectivity index (χ1v) is 5.94. The molecule has 2 aromatic heterocycles. The molecule has 1 aromatic carbocycles. The number of hydrogen-bond donors (Lipinski definition) is 2. The summed E-state index contributed by atoms with van der Waals surface area (Å²) in [6.45, 7) is 0.458. The lowest BCUT2D eigenvalue weighted by atomic mass is 10.3. The first-order chi connectivity index (χ1) is 9.31. The van der Waals surface area contributed by atoms with Crippen LogP contribution in [-0.4, -0.2) is 31.2 Å². The molecule has 19 heavy (non-hydrogen) atoms. The fourth-order valence-corrected chi connectivity index (χ4v) is 2.10. The third-order valence-electron chi connectivity index (χ3n) is 2.92. The number of rotatable bonds is 3. The zero-order chi connectivity index (χ0) is 13.2. The van der Waals surface area contributed by atoms with Gasteiger partial charge < -0.3 is 15.4 Å². The van der Waals surface area contributed by atoms with Crippen molar-refractivity contribution in [3.63, 3.8) is 0 Å². The molecular formula is C13H13N5O. The van der Waals surface area contributed by atoms with Crippen molar-refractivity contribution in [1.82, 2.24) is 19.5 Å². The Balaban J connectivity index is 2.28. The van der Waals surface area contributed by atoms with Crippen LogP contribution in [0.5, 0.6) is 0 Å². The molecule has 0 spiro atoms. The van der Waals surface area contributed by atoms with E-state index in [-0.39, 0.29) is 6.61 Å². The van der Waals surface area contributed by atoms with E-state index in [1.807, 2.05) is 28.8 Å². The van der Waals surface area contributed by atoms with E-state index in [1.54, 1.807) is 6.20 Å². The van der Waals surface area contributed by atoms with Gasteiger partial charge in [0.2, 0.25) is 0 Å². The molecule has 0 aliphatic heterocycles. The molecule has 3 aromatic rings. The molecular weight excluding hydrogens is 242 g/mol. The molecule has 0 aliphatic carbocycles. The topological polar surface area (TPSA) is 89.9 Å². The molecule has 0 saturated carbocycles. The van der Waals surface area contributed by atoms with Crippen LogP contribution in [0.1, 0.15) is 0 Å². The standard InChI is InChI=1S/C13H13N5O/c14-12-11(15-5-6-16-12)13-17-9-3-1-2-4-10(9)18(13)7-8-19/h1-6,19H,7-8H2,(H2,14,16). The molecule has 96 valence electrons. The largest absolute Gasteiger partial charge is 0.395 e. The Bertz CT molecular complexity index is 722. The molecule has 0 fully saturated rings. The number of aliphatic hydroxyl groups excluding tert-OH is 1. The molecule has 0 bridgehead atoms. The number of imidazole rings is 1. The lowest BCUT2D eigenvalue weighted by Crippen LogP contribution is -2.07. The molecule has 3 N–H and O–H groups in total. The van der Waals surface area contributed by atoms with Gasteiger partial charge in [0, 0.05) is 18.9 Å². The molecule has 0 radical (unpaired) electrons. The highest BCUT2D eigenvalue weighted by Crippen LogP contribution is 2.25. The fraction of sp³-hybridized carbons (Fsp3) is 0.154. The second-order valence-corrected chi connectivity index (χ2v) is 4.09. The molecule has 0 saturated heterocycles. The third-order valence-corrected chi connectivity index (χ3v) is 2.92. The van der Waals surface area contributed by atoms with Crippen LogP contribution in [0.2, 0.25) is 0 Å². The predicted octanol–water partition coefficient (Wildman–Crippen LogP) is 1.07. The van der Waals surface area contributed by atoms with Crippen LogP contribution in [0.15, 0.2) is 36.7 Å². The highest BCUT2D eigenvalue weighted by Gasteiger charge is 2.15. The number of hydrogen-bond acceptors (Lipinski definition) is 5. The number of fused-ring (bicyclic) bond motifs is 1. The van der Waals surface area contributed by atoms with E-state index >= 15 is 0 Å². The number of para-hydroxylation sites is 2. The first kappa shape index (κ1) is 11.6. The fourth-order valence-electron chi connectivity index (χ4n) is 2.10. The predicted molar refractivity (Wildman–Crippen MR) is 72.3 cm³/mol. The van der Waals surface area contributed by atoms with Crippen LogP contribution in [0, 0.1) is 0 Å². The summed E-state index contributed by atoms with van der Waals surface area (Å²) in [4.78, 5) is 12.8. The van der Waals surface area contributed by atoms with Gasteiger partial charge in [-0.1, -0.05) is 12.1 Å². The van der Waals surface area contributed by atoms with E-state index in [9.17, 15) is 5.11 Å². The monoisotopic (exact) mass is 255 g/mol. The molecule has 0 amide bonds. The van der Waals surface area contributed by atoms with Crippen molar-refractivity contribution in [2.24, 2.45) is 0 Å². The minimum absolute atomic E-state index is 0.0214. The third kappa shape index (κ3) is 1.92. The van der Waals surface area contributed by atoms with Crippen molar-refractivity contribution in [2.75, 3.05) is 12.3 Å². The van der Waals surface area contributed by atoms with E-state index in [0.717, 1.165) is 11.0 Å². The average Bonchev–Trinajstić information content (AvgIpc) is 2.79. The van der Waals surface area contributed by atoms with Gasteiger partial charge in [-0.05, 0) is 12.1 Å². The van der Waals surface area contributed by atoms with Crippen LogP contribution >= 0.6 is 0 Å². The van der Waals surface area contributed by atoms with Gasteiger partial charge in [-0.25, -0.2) is 15.0 Å². The summed E-state index contributed by atoms with van der Waals surface area (Å²) < 4.78 is 1.90. The van der Waals surface area contributed by atoms with Gasteiger partial charge in [0.15, 0.2) is 11.6 Å². The van der Waals surface area contributed by atoms with E-state index < -0.39 is 0 Å². The Kier molecular flexibility index (Phi) is 2.85. The summed E-state index contributed by atoms with van der Waals surface area (Å²) in [7, 11) is 0. The molecule has 0 unspecified atom stereocenters. The van der Waals surface area contributed by atoms with Crippen molar-refractivity contribution in [3.05, 3.63) is 36.7 Å². The number of anilines is 1. The number of aromatic nitrogens is 4. The maximum Gasteiger partial charge on any atom is 0.163 e. The van der Waals surface area contributed by atoms with Crippen LogP contribution in [0.25, 0.3) is 22.6 Å².